The molecular formula is C15H16Br2N2OS. The van der Waals surface area contributed by atoms with Crippen LogP contribution in [0.2, 0.25) is 0 Å². The third kappa shape index (κ3) is 3.87. The molecule has 0 spiro atoms. The van der Waals surface area contributed by atoms with E-state index in [0.29, 0.717) is 17.8 Å². The summed E-state index contributed by atoms with van der Waals surface area (Å²) in [5.74, 6) is 0.00192. The quantitative estimate of drug-likeness (QED) is 0.699. The van der Waals surface area contributed by atoms with Gasteiger partial charge >= 0.3 is 0 Å². The maximum absolute atomic E-state index is 12.8. The second kappa shape index (κ2) is 6.94. The number of carbonyl (C=O) groups excluding carboxylic acids is 1. The molecule has 3 nitrogen and oxygen atoms in total. The van der Waals surface area contributed by atoms with Gasteiger partial charge in [-0.15, -0.1) is 11.3 Å². The molecule has 0 saturated heterocycles. The van der Waals surface area contributed by atoms with Crippen LogP contribution in [0.25, 0.3) is 0 Å². The number of hydrogen-bond donors (Lipinski definition) is 1. The predicted octanol–water partition coefficient (Wildman–Crippen LogP) is 4.91. The second-order valence-electron chi connectivity index (χ2n) is 4.96. The molecule has 0 aliphatic rings. The lowest BCUT2D eigenvalue weighted by molar-refractivity contribution is 0.0690. The van der Waals surface area contributed by atoms with Gasteiger partial charge in [0.05, 0.1) is 13.1 Å². The number of halogens is 2. The normalized spacial score (nSPS) is 10.9. The van der Waals surface area contributed by atoms with Crippen LogP contribution in [0.3, 0.4) is 0 Å². The van der Waals surface area contributed by atoms with Gasteiger partial charge in [0.1, 0.15) is 0 Å². The number of rotatable bonds is 4. The van der Waals surface area contributed by atoms with Crippen LogP contribution < -0.4 is 5.73 Å². The van der Waals surface area contributed by atoms with Crippen molar-refractivity contribution >= 4 is 54.8 Å². The monoisotopic (exact) mass is 430 g/mol. The third-order valence-electron chi connectivity index (χ3n) is 3.17. The fourth-order valence-corrected chi connectivity index (χ4v) is 4.77. The predicted molar refractivity (Wildman–Crippen MR) is 95.6 cm³/mol. The Hall–Kier alpha value is -0.850. The summed E-state index contributed by atoms with van der Waals surface area (Å²) in [6, 6.07) is 9.58. The molecule has 1 heterocycles. The van der Waals surface area contributed by atoms with Crippen molar-refractivity contribution in [3.63, 3.8) is 0 Å². The van der Waals surface area contributed by atoms with Crippen LogP contribution in [0, 0.1) is 0 Å². The highest BCUT2D eigenvalue weighted by Gasteiger charge is 2.23. The first-order valence-corrected chi connectivity index (χ1v) is 8.89. The molecule has 2 aromatic rings. The van der Waals surface area contributed by atoms with Crippen molar-refractivity contribution in [2.75, 3.05) is 5.73 Å². The van der Waals surface area contributed by atoms with E-state index < -0.39 is 0 Å². The lowest BCUT2D eigenvalue weighted by Crippen LogP contribution is -2.36. The Morgan fingerprint density at radius 1 is 1.33 bits per heavy atom. The summed E-state index contributed by atoms with van der Waals surface area (Å²) in [6.45, 7) is 4.52. The van der Waals surface area contributed by atoms with Crippen LogP contribution in [-0.2, 0) is 6.54 Å². The first-order chi connectivity index (χ1) is 9.90. The largest absolute Gasteiger partial charge is 0.398 e. The number of amides is 1. The molecule has 6 heteroatoms. The first-order valence-electron chi connectivity index (χ1n) is 6.49. The molecule has 1 aromatic carbocycles. The van der Waals surface area contributed by atoms with Crippen molar-refractivity contribution in [1.82, 2.24) is 4.90 Å². The molecule has 112 valence electrons. The van der Waals surface area contributed by atoms with Crippen molar-refractivity contribution in [3.05, 3.63) is 49.0 Å². The Kier molecular flexibility index (Phi) is 5.46. The van der Waals surface area contributed by atoms with E-state index in [2.05, 4.69) is 31.9 Å². The fourth-order valence-electron chi connectivity index (χ4n) is 1.99. The van der Waals surface area contributed by atoms with Gasteiger partial charge in [0.25, 0.3) is 5.91 Å². The van der Waals surface area contributed by atoms with Gasteiger partial charge in [-0.1, -0.05) is 18.2 Å². The van der Waals surface area contributed by atoms with Crippen LogP contribution in [0.4, 0.5) is 5.69 Å². The zero-order chi connectivity index (χ0) is 15.6. The number of hydrogen-bond acceptors (Lipinski definition) is 3. The number of nitrogens with zero attached hydrogens (tertiary/aromatic N) is 1. The van der Waals surface area contributed by atoms with Crippen molar-refractivity contribution in [1.29, 1.82) is 0 Å². The molecule has 2 N–H and O–H groups in total. The Bertz CT molecular complexity index is 655. The Morgan fingerprint density at radius 2 is 2.00 bits per heavy atom. The molecule has 1 aromatic heterocycles. The van der Waals surface area contributed by atoms with E-state index in [-0.39, 0.29) is 11.9 Å². The van der Waals surface area contributed by atoms with Crippen molar-refractivity contribution in [2.45, 2.75) is 26.4 Å². The molecule has 0 fully saturated rings. The minimum absolute atomic E-state index is 0.00192. The number of benzene rings is 1. The average molecular weight is 432 g/mol. The topological polar surface area (TPSA) is 46.3 Å². The van der Waals surface area contributed by atoms with E-state index in [9.17, 15) is 4.79 Å². The van der Waals surface area contributed by atoms with E-state index in [4.69, 9.17) is 5.73 Å². The SMILES string of the molecule is CC(C)N(Cc1ccccc1N)C(=O)c1cc(Br)sc1Br. The second-order valence-corrected chi connectivity index (χ2v) is 8.71. The molecular weight excluding hydrogens is 416 g/mol. The van der Waals surface area contributed by atoms with E-state index in [1.54, 1.807) is 0 Å². The first kappa shape index (κ1) is 16.5. The molecule has 0 atom stereocenters. The summed E-state index contributed by atoms with van der Waals surface area (Å²) in [6.07, 6.45) is 0. The number of para-hydroxylation sites is 1. The fraction of sp³-hybridized carbons (Fsp3) is 0.267. The van der Waals surface area contributed by atoms with E-state index in [0.717, 1.165) is 13.1 Å². The van der Waals surface area contributed by atoms with Gasteiger partial charge in [0.2, 0.25) is 0 Å². The minimum atomic E-state index is 0.00192. The number of thiophene rings is 1. The van der Waals surface area contributed by atoms with Crippen molar-refractivity contribution < 1.29 is 4.79 Å². The molecule has 21 heavy (non-hydrogen) atoms. The van der Waals surface area contributed by atoms with Gasteiger partial charge in [-0.3, -0.25) is 4.79 Å². The molecule has 1 amide bonds. The highest BCUT2D eigenvalue weighted by Crippen LogP contribution is 2.33. The van der Waals surface area contributed by atoms with Gasteiger partial charge in [-0.05, 0) is 63.4 Å². The summed E-state index contributed by atoms with van der Waals surface area (Å²) in [5, 5.41) is 0. The summed E-state index contributed by atoms with van der Waals surface area (Å²) in [4.78, 5) is 14.6. The van der Waals surface area contributed by atoms with Crippen LogP contribution in [0.5, 0.6) is 0 Å². The zero-order valence-corrected chi connectivity index (χ0v) is 15.8. The van der Waals surface area contributed by atoms with E-state index >= 15 is 0 Å². The molecule has 2 rings (SSSR count). The molecule has 0 aliphatic carbocycles. The van der Waals surface area contributed by atoms with Crippen molar-refractivity contribution in [3.8, 4) is 0 Å². The smallest absolute Gasteiger partial charge is 0.256 e. The number of nitrogen functional groups attached to an aromatic ring is 1. The lowest BCUT2D eigenvalue weighted by atomic mass is 10.1. The third-order valence-corrected chi connectivity index (χ3v) is 5.51. The van der Waals surface area contributed by atoms with Gasteiger partial charge in [-0.2, -0.15) is 0 Å². The van der Waals surface area contributed by atoms with E-state index in [1.165, 1.54) is 11.3 Å². The molecule has 0 radical (unpaired) electrons. The van der Waals surface area contributed by atoms with Crippen LogP contribution in [-0.4, -0.2) is 16.8 Å². The lowest BCUT2D eigenvalue weighted by Gasteiger charge is -2.27. The highest BCUT2D eigenvalue weighted by molar-refractivity contribution is 9.12. The zero-order valence-electron chi connectivity index (χ0n) is 11.8. The van der Waals surface area contributed by atoms with Gasteiger partial charge < -0.3 is 10.6 Å². The summed E-state index contributed by atoms with van der Waals surface area (Å²) >= 11 is 8.36. The number of nitrogens with two attached hydrogens (primary N) is 1. The molecule has 0 unspecified atom stereocenters. The summed E-state index contributed by atoms with van der Waals surface area (Å²) in [7, 11) is 0. The maximum Gasteiger partial charge on any atom is 0.256 e. The van der Waals surface area contributed by atoms with Gasteiger partial charge in [0, 0.05) is 18.3 Å². The van der Waals surface area contributed by atoms with Gasteiger partial charge in [-0.25, -0.2) is 0 Å². The Labute approximate surface area is 145 Å². The van der Waals surface area contributed by atoms with Crippen molar-refractivity contribution in [2.24, 2.45) is 0 Å². The molecule has 0 saturated carbocycles. The molecule has 0 bridgehead atoms. The Morgan fingerprint density at radius 3 is 2.52 bits per heavy atom. The average Bonchev–Trinajstić information content (AvgIpc) is 2.75. The van der Waals surface area contributed by atoms with Crippen LogP contribution in [0.1, 0.15) is 29.8 Å². The number of carbonyl (C=O) groups is 1. The number of anilines is 1. The minimum Gasteiger partial charge on any atom is -0.398 e. The molecule has 0 aliphatic heterocycles. The maximum atomic E-state index is 12.8. The summed E-state index contributed by atoms with van der Waals surface area (Å²) < 4.78 is 1.77. The van der Waals surface area contributed by atoms with E-state index in [1.807, 2.05) is 49.1 Å². The highest BCUT2D eigenvalue weighted by atomic mass is 79.9. The van der Waals surface area contributed by atoms with Crippen LogP contribution >= 0.6 is 43.2 Å². The standard InChI is InChI=1S/C15H16Br2N2OS/c1-9(2)19(8-10-5-3-4-6-12(10)18)15(20)11-7-13(16)21-14(11)17/h3-7,9H,8,18H2,1-2H3. The summed E-state index contributed by atoms with van der Waals surface area (Å²) in [5.41, 5.74) is 8.34. The Balaban J connectivity index is 2.29. The van der Waals surface area contributed by atoms with Crippen LogP contribution in [0.15, 0.2) is 37.9 Å². The van der Waals surface area contributed by atoms with Gasteiger partial charge in [0.15, 0.2) is 0 Å².